The molecule has 0 radical (unpaired) electrons. The molecular weight excluding hydrogens is 233 g/mol. The standard InChI is InChI=1S/C13H20FN3O/c1-9-4-3-5-13(6-9,7-18)17-12-11(14)10(2)15-8-16-12/h8-9,18H,3-7H2,1-2H3,(H,15,16,17). The van der Waals surface area contributed by atoms with Crippen LogP contribution < -0.4 is 5.32 Å². The monoisotopic (exact) mass is 253 g/mol. The van der Waals surface area contributed by atoms with Gasteiger partial charge in [0.2, 0.25) is 0 Å². The van der Waals surface area contributed by atoms with E-state index in [0.717, 1.165) is 25.7 Å². The Labute approximate surface area is 107 Å². The molecule has 1 heterocycles. The number of rotatable bonds is 3. The molecular formula is C13H20FN3O. The Morgan fingerprint density at radius 1 is 1.56 bits per heavy atom. The second-order valence-corrected chi connectivity index (χ2v) is 5.39. The Morgan fingerprint density at radius 2 is 2.33 bits per heavy atom. The number of nitrogens with one attached hydrogen (secondary N) is 1. The molecule has 1 saturated carbocycles. The molecule has 1 aromatic rings. The van der Waals surface area contributed by atoms with E-state index in [9.17, 15) is 9.50 Å². The van der Waals surface area contributed by atoms with Gasteiger partial charge in [0, 0.05) is 0 Å². The summed E-state index contributed by atoms with van der Waals surface area (Å²) in [6.45, 7) is 3.77. The smallest absolute Gasteiger partial charge is 0.186 e. The third kappa shape index (κ3) is 2.61. The zero-order valence-corrected chi connectivity index (χ0v) is 10.9. The van der Waals surface area contributed by atoms with E-state index in [2.05, 4.69) is 22.2 Å². The predicted molar refractivity (Wildman–Crippen MR) is 67.8 cm³/mol. The molecule has 2 rings (SSSR count). The van der Waals surface area contributed by atoms with Crippen molar-refractivity contribution in [2.45, 2.75) is 45.1 Å². The van der Waals surface area contributed by atoms with Gasteiger partial charge in [0.15, 0.2) is 11.6 Å². The summed E-state index contributed by atoms with van der Waals surface area (Å²) in [5, 5.41) is 12.8. The van der Waals surface area contributed by atoms with Crippen LogP contribution in [0.1, 0.15) is 38.3 Å². The van der Waals surface area contributed by atoms with E-state index in [4.69, 9.17) is 0 Å². The van der Waals surface area contributed by atoms with Crippen molar-refractivity contribution in [2.24, 2.45) is 5.92 Å². The Kier molecular flexibility index (Phi) is 3.80. The molecule has 1 aliphatic carbocycles. The summed E-state index contributed by atoms with van der Waals surface area (Å²) < 4.78 is 13.9. The van der Waals surface area contributed by atoms with Crippen LogP contribution in [0.4, 0.5) is 10.2 Å². The van der Waals surface area contributed by atoms with Crippen LogP contribution in [0.25, 0.3) is 0 Å². The average molecular weight is 253 g/mol. The number of aryl methyl sites for hydroxylation is 1. The summed E-state index contributed by atoms with van der Waals surface area (Å²) in [5.41, 5.74) is -0.122. The van der Waals surface area contributed by atoms with E-state index >= 15 is 0 Å². The van der Waals surface area contributed by atoms with Crippen LogP contribution in [0, 0.1) is 18.7 Å². The lowest BCUT2D eigenvalue weighted by molar-refractivity contribution is 0.149. The summed E-state index contributed by atoms with van der Waals surface area (Å²) in [7, 11) is 0. The topological polar surface area (TPSA) is 58.0 Å². The van der Waals surface area contributed by atoms with Gasteiger partial charge in [0.1, 0.15) is 6.33 Å². The fourth-order valence-electron chi connectivity index (χ4n) is 2.75. The zero-order chi connectivity index (χ0) is 13.2. The van der Waals surface area contributed by atoms with Gasteiger partial charge in [-0.05, 0) is 25.7 Å². The van der Waals surface area contributed by atoms with E-state index in [1.54, 1.807) is 6.92 Å². The third-order valence-electron chi connectivity index (χ3n) is 3.74. The number of halogens is 1. The van der Waals surface area contributed by atoms with Crippen LogP contribution in [-0.4, -0.2) is 27.2 Å². The maximum Gasteiger partial charge on any atom is 0.186 e. The molecule has 1 fully saturated rings. The first kappa shape index (κ1) is 13.2. The summed E-state index contributed by atoms with van der Waals surface area (Å²) in [6, 6.07) is 0. The van der Waals surface area contributed by atoms with E-state index in [0.29, 0.717) is 11.6 Å². The van der Waals surface area contributed by atoms with Crippen LogP contribution in [-0.2, 0) is 0 Å². The highest BCUT2D eigenvalue weighted by molar-refractivity contribution is 5.40. The van der Waals surface area contributed by atoms with Gasteiger partial charge >= 0.3 is 0 Å². The van der Waals surface area contributed by atoms with Gasteiger partial charge in [-0.1, -0.05) is 19.8 Å². The number of hydrogen-bond acceptors (Lipinski definition) is 4. The number of aliphatic hydroxyl groups excluding tert-OH is 1. The SMILES string of the molecule is Cc1ncnc(NC2(CO)CCCC(C)C2)c1F. The van der Waals surface area contributed by atoms with Crippen molar-refractivity contribution in [3.63, 3.8) is 0 Å². The van der Waals surface area contributed by atoms with Crippen molar-refractivity contribution in [3.05, 3.63) is 17.8 Å². The fraction of sp³-hybridized carbons (Fsp3) is 0.692. The molecule has 5 heteroatoms. The Balaban J connectivity index is 2.22. The average Bonchev–Trinajstić information content (AvgIpc) is 2.35. The van der Waals surface area contributed by atoms with Gasteiger partial charge in [-0.3, -0.25) is 0 Å². The van der Waals surface area contributed by atoms with Crippen LogP contribution in [0.3, 0.4) is 0 Å². The molecule has 100 valence electrons. The van der Waals surface area contributed by atoms with Crippen molar-refractivity contribution in [2.75, 3.05) is 11.9 Å². The molecule has 4 nitrogen and oxygen atoms in total. The van der Waals surface area contributed by atoms with Crippen LogP contribution >= 0.6 is 0 Å². The molecule has 0 spiro atoms. The summed E-state index contributed by atoms with van der Waals surface area (Å²) in [5.74, 6) is 0.304. The minimum atomic E-state index is -0.445. The molecule has 2 atom stereocenters. The second kappa shape index (κ2) is 5.18. The highest BCUT2D eigenvalue weighted by atomic mass is 19.1. The van der Waals surface area contributed by atoms with Crippen molar-refractivity contribution in [1.82, 2.24) is 9.97 Å². The van der Waals surface area contributed by atoms with Crippen molar-refractivity contribution in [3.8, 4) is 0 Å². The number of hydrogen-bond donors (Lipinski definition) is 2. The lowest BCUT2D eigenvalue weighted by atomic mass is 9.77. The van der Waals surface area contributed by atoms with Gasteiger partial charge in [0.05, 0.1) is 17.8 Å². The highest BCUT2D eigenvalue weighted by Crippen LogP contribution is 2.34. The largest absolute Gasteiger partial charge is 0.394 e. The first-order valence-corrected chi connectivity index (χ1v) is 6.42. The molecule has 0 saturated heterocycles. The lowest BCUT2D eigenvalue weighted by Crippen LogP contribution is -2.46. The van der Waals surface area contributed by atoms with Crippen LogP contribution in [0.15, 0.2) is 6.33 Å². The number of aliphatic hydroxyl groups is 1. The minimum absolute atomic E-state index is 0.000168. The zero-order valence-electron chi connectivity index (χ0n) is 10.9. The van der Waals surface area contributed by atoms with Crippen molar-refractivity contribution < 1.29 is 9.50 Å². The number of aromatic nitrogens is 2. The van der Waals surface area contributed by atoms with Crippen molar-refractivity contribution in [1.29, 1.82) is 0 Å². The van der Waals surface area contributed by atoms with E-state index in [1.807, 2.05) is 0 Å². The maximum atomic E-state index is 13.9. The molecule has 0 aromatic carbocycles. The molecule has 18 heavy (non-hydrogen) atoms. The van der Waals surface area contributed by atoms with E-state index in [-0.39, 0.29) is 12.4 Å². The van der Waals surface area contributed by atoms with Gasteiger partial charge < -0.3 is 10.4 Å². The Bertz CT molecular complexity index is 427. The summed E-state index contributed by atoms with van der Waals surface area (Å²) in [6.07, 6.45) is 5.23. The predicted octanol–water partition coefficient (Wildman–Crippen LogP) is 2.28. The quantitative estimate of drug-likeness (QED) is 0.867. The molecule has 0 bridgehead atoms. The highest BCUT2D eigenvalue weighted by Gasteiger charge is 2.35. The lowest BCUT2D eigenvalue weighted by Gasteiger charge is -2.39. The first-order chi connectivity index (χ1) is 8.56. The molecule has 0 aliphatic heterocycles. The molecule has 1 aromatic heterocycles. The van der Waals surface area contributed by atoms with Gasteiger partial charge in [-0.15, -0.1) is 0 Å². The van der Waals surface area contributed by atoms with Crippen LogP contribution in [0.2, 0.25) is 0 Å². The van der Waals surface area contributed by atoms with Gasteiger partial charge in [-0.25, -0.2) is 14.4 Å². The van der Waals surface area contributed by atoms with E-state index < -0.39 is 11.4 Å². The second-order valence-electron chi connectivity index (χ2n) is 5.39. The van der Waals surface area contributed by atoms with Crippen LogP contribution in [0.5, 0.6) is 0 Å². The number of nitrogens with zero attached hydrogens (tertiary/aromatic N) is 2. The normalized spacial score (nSPS) is 28.1. The van der Waals surface area contributed by atoms with Gasteiger partial charge in [0.25, 0.3) is 0 Å². The maximum absolute atomic E-state index is 13.9. The molecule has 2 N–H and O–H groups in total. The first-order valence-electron chi connectivity index (χ1n) is 6.42. The third-order valence-corrected chi connectivity index (χ3v) is 3.74. The Morgan fingerprint density at radius 3 is 3.00 bits per heavy atom. The molecule has 1 aliphatic rings. The van der Waals surface area contributed by atoms with E-state index in [1.165, 1.54) is 6.33 Å². The molecule has 0 amide bonds. The summed E-state index contributed by atoms with van der Waals surface area (Å²) >= 11 is 0. The van der Waals surface area contributed by atoms with Gasteiger partial charge in [-0.2, -0.15) is 0 Å². The van der Waals surface area contributed by atoms with Crippen molar-refractivity contribution >= 4 is 5.82 Å². The summed E-state index contributed by atoms with van der Waals surface area (Å²) in [4.78, 5) is 7.75. The minimum Gasteiger partial charge on any atom is -0.394 e. The Hall–Kier alpha value is -1.23. The number of anilines is 1. The molecule has 2 unspecified atom stereocenters. The fourth-order valence-corrected chi connectivity index (χ4v) is 2.75.